The zero-order valence-corrected chi connectivity index (χ0v) is 9.21. The Morgan fingerprint density at radius 3 is 2.93 bits per heavy atom. The smallest absolute Gasteiger partial charge is 0.145 e. The number of nitrogens with zero attached hydrogens (tertiary/aromatic N) is 2. The Labute approximate surface area is 93.2 Å². The van der Waals surface area contributed by atoms with Gasteiger partial charge in [-0.25, -0.2) is 0 Å². The summed E-state index contributed by atoms with van der Waals surface area (Å²) in [5, 5.41) is 3.85. The van der Waals surface area contributed by atoms with Gasteiger partial charge < -0.3 is 0 Å². The predicted octanol–water partition coefficient (Wildman–Crippen LogP) is 4.05. The fourth-order valence-corrected chi connectivity index (χ4v) is 1.78. The first-order valence-corrected chi connectivity index (χ1v) is 4.96. The van der Waals surface area contributed by atoms with E-state index in [9.17, 15) is 4.91 Å². The van der Waals surface area contributed by atoms with Crippen molar-refractivity contribution in [3.63, 3.8) is 0 Å². The quantitative estimate of drug-likeness (QED) is 0.734. The normalized spacial score (nSPS) is 10.4. The maximum atomic E-state index is 10.4. The van der Waals surface area contributed by atoms with Crippen molar-refractivity contribution >= 4 is 44.1 Å². The number of hydrogen-bond donors (Lipinski definition) is 0. The topological polar surface area (TPSA) is 42.3 Å². The Morgan fingerprint density at radius 1 is 1.43 bits per heavy atom. The first-order chi connectivity index (χ1) is 6.72. The number of halogens is 2. The zero-order chi connectivity index (χ0) is 10.1. The molecule has 0 aliphatic carbocycles. The van der Waals surface area contributed by atoms with Gasteiger partial charge >= 0.3 is 0 Å². The molecule has 0 unspecified atom stereocenters. The van der Waals surface area contributed by atoms with E-state index >= 15 is 0 Å². The maximum absolute atomic E-state index is 10.4. The van der Waals surface area contributed by atoms with Gasteiger partial charge in [-0.2, -0.15) is 0 Å². The van der Waals surface area contributed by atoms with Crippen LogP contribution in [0.25, 0.3) is 10.9 Å². The van der Waals surface area contributed by atoms with Gasteiger partial charge in [0, 0.05) is 9.86 Å². The average molecular weight is 272 g/mol. The molecule has 0 fully saturated rings. The summed E-state index contributed by atoms with van der Waals surface area (Å²) in [5.41, 5.74) is 0.905. The summed E-state index contributed by atoms with van der Waals surface area (Å²) in [4.78, 5) is 14.4. The summed E-state index contributed by atoms with van der Waals surface area (Å²) in [5.74, 6) is 0. The molecule has 0 atom stereocenters. The van der Waals surface area contributed by atoms with E-state index in [1.165, 1.54) is 6.20 Å². The number of nitroso groups, excluding NO2 is 1. The van der Waals surface area contributed by atoms with Gasteiger partial charge in [-0.15, -0.1) is 4.91 Å². The van der Waals surface area contributed by atoms with Crippen molar-refractivity contribution < 1.29 is 0 Å². The third kappa shape index (κ3) is 1.51. The van der Waals surface area contributed by atoms with E-state index in [-0.39, 0.29) is 5.69 Å². The molecule has 3 nitrogen and oxygen atoms in total. The summed E-state index contributed by atoms with van der Waals surface area (Å²) < 4.78 is 0.886. The first-order valence-electron chi connectivity index (χ1n) is 3.79. The van der Waals surface area contributed by atoms with Crippen LogP contribution in [0.15, 0.2) is 34.0 Å². The molecule has 5 heteroatoms. The molecule has 1 aromatic carbocycles. The second kappa shape index (κ2) is 3.63. The lowest BCUT2D eigenvalue weighted by molar-refractivity contribution is 1.36. The van der Waals surface area contributed by atoms with E-state index in [4.69, 9.17) is 11.6 Å². The standard InChI is InChI=1S/C9H4BrClN2O/c10-5-1-2-7-6(3-5)9(11)8(13-14)4-12-7/h1-4H. The first kappa shape index (κ1) is 9.55. The van der Waals surface area contributed by atoms with Gasteiger partial charge in [0.25, 0.3) is 0 Å². The average Bonchev–Trinajstić information content (AvgIpc) is 2.20. The van der Waals surface area contributed by atoms with Crippen LogP contribution in [0.1, 0.15) is 0 Å². The molecule has 70 valence electrons. The SMILES string of the molecule is O=Nc1cnc2ccc(Br)cc2c1Cl. The van der Waals surface area contributed by atoms with Gasteiger partial charge in [-0.1, -0.05) is 27.5 Å². The van der Waals surface area contributed by atoms with Crippen LogP contribution >= 0.6 is 27.5 Å². The molecule has 0 bridgehead atoms. The molecule has 0 aliphatic rings. The lowest BCUT2D eigenvalue weighted by atomic mass is 10.2. The summed E-state index contributed by atoms with van der Waals surface area (Å²) in [7, 11) is 0. The molecule has 0 aliphatic heterocycles. The maximum Gasteiger partial charge on any atom is 0.145 e. The van der Waals surface area contributed by atoms with Crippen molar-refractivity contribution in [1.82, 2.24) is 4.98 Å². The van der Waals surface area contributed by atoms with Crippen LogP contribution in [0.2, 0.25) is 5.02 Å². The highest BCUT2D eigenvalue weighted by Gasteiger charge is 2.06. The van der Waals surface area contributed by atoms with Crippen molar-refractivity contribution in [2.45, 2.75) is 0 Å². The number of rotatable bonds is 1. The van der Waals surface area contributed by atoms with Crippen molar-refractivity contribution in [3.8, 4) is 0 Å². The number of fused-ring (bicyclic) bond motifs is 1. The minimum Gasteiger partial charge on any atom is -0.254 e. The van der Waals surface area contributed by atoms with Crippen LogP contribution in [0.5, 0.6) is 0 Å². The molecular formula is C9H4BrClN2O. The van der Waals surface area contributed by atoms with Crippen LogP contribution in [-0.2, 0) is 0 Å². The van der Waals surface area contributed by atoms with Gasteiger partial charge in [0.2, 0.25) is 0 Å². The molecule has 0 spiro atoms. The van der Waals surface area contributed by atoms with E-state index in [1.54, 1.807) is 6.07 Å². The summed E-state index contributed by atoms with van der Waals surface area (Å²) in [6.45, 7) is 0. The fourth-order valence-electron chi connectivity index (χ4n) is 1.19. The third-order valence-corrected chi connectivity index (χ3v) is 2.73. The highest BCUT2D eigenvalue weighted by molar-refractivity contribution is 9.10. The molecule has 0 N–H and O–H groups in total. The van der Waals surface area contributed by atoms with Crippen molar-refractivity contribution in [2.24, 2.45) is 5.18 Å². The number of aromatic nitrogens is 1. The summed E-state index contributed by atoms with van der Waals surface area (Å²) in [6.07, 6.45) is 1.37. The Balaban J connectivity index is 2.86. The second-order valence-corrected chi connectivity index (χ2v) is 4.00. The Bertz CT molecular complexity index is 515. The zero-order valence-electron chi connectivity index (χ0n) is 6.87. The number of pyridine rings is 1. The van der Waals surface area contributed by atoms with Gasteiger partial charge in [-0.05, 0) is 23.4 Å². The molecule has 0 amide bonds. The fraction of sp³-hybridized carbons (Fsp3) is 0. The molecule has 0 saturated carbocycles. The van der Waals surface area contributed by atoms with Crippen LogP contribution in [0.3, 0.4) is 0 Å². The Hall–Kier alpha value is -1.000. The summed E-state index contributed by atoms with van der Waals surface area (Å²) in [6, 6.07) is 5.49. The third-order valence-electron chi connectivity index (χ3n) is 1.84. The van der Waals surface area contributed by atoms with Gasteiger partial charge in [0.1, 0.15) is 5.69 Å². The van der Waals surface area contributed by atoms with E-state index in [0.29, 0.717) is 5.02 Å². The second-order valence-electron chi connectivity index (χ2n) is 2.71. The molecule has 2 rings (SSSR count). The van der Waals surface area contributed by atoms with Crippen molar-refractivity contribution in [3.05, 3.63) is 38.8 Å². The van der Waals surface area contributed by atoms with Crippen LogP contribution < -0.4 is 0 Å². The van der Waals surface area contributed by atoms with Crippen LogP contribution in [-0.4, -0.2) is 4.98 Å². The van der Waals surface area contributed by atoms with E-state index in [0.717, 1.165) is 15.4 Å². The molecule has 1 heterocycles. The minimum absolute atomic E-state index is 0.164. The molecule has 2 aromatic rings. The molecule has 1 aromatic heterocycles. The van der Waals surface area contributed by atoms with Gasteiger partial charge in [-0.3, -0.25) is 4.98 Å². The molecular weight excluding hydrogens is 267 g/mol. The lowest BCUT2D eigenvalue weighted by Gasteiger charge is -2.01. The minimum atomic E-state index is 0.164. The van der Waals surface area contributed by atoms with Crippen LogP contribution in [0, 0.1) is 4.91 Å². The highest BCUT2D eigenvalue weighted by atomic mass is 79.9. The van der Waals surface area contributed by atoms with Gasteiger partial charge in [0.15, 0.2) is 0 Å². The lowest BCUT2D eigenvalue weighted by Crippen LogP contribution is -1.80. The van der Waals surface area contributed by atoms with E-state index < -0.39 is 0 Å². The molecule has 14 heavy (non-hydrogen) atoms. The Kier molecular flexibility index (Phi) is 2.48. The highest BCUT2D eigenvalue weighted by Crippen LogP contribution is 2.32. The van der Waals surface area contributed by atoms with Crippen molar-refractivity contribution in [1.29, 1.82) is 0 Å². The van der Waals surface area contributed by atoms with Gasteiger partial charge in [0.05, 0.1) is 16.7 Å². The van der Waals surface area contributed by atoms with Crippen LogP contribution in [0.4, 0.5) is 5.69 Å². The predicted molar refractivity (Wildman–Crippen MR) is 59.9 cm³/mol. The summed E-state index contributed by atoms with van der Waals surface area (Å²) >= 11 is 9.28. The molecule has 0 radical (unpaired) electrons. The number of benzene rings is 1. The Morgan fingerprint density at radius 2 is 2.21 bits per heavy atom. The van der Waals surface area contributed by atoms with E-state index in [2.05, 4.69) is 26.1 Å². The van der Waals surface area contributed by atoms with E-state index in [1.807, 2.05) is 12.1 Å². The monoisotopic (exact) mass is 270 g/mol. The molecule has 0 saturated heterocycles. The number of hydrogen-bond acceptors (Lipinski definition) is 3. The largest absolute Gasteiger partial charge is 0.254 e. The van der Waals surface area contributed by atoms with Crippen molar-refractivity contribution in [2.75, 3.05) is 0 Å².